The molecule has 58 valence electrons. The summed E-state index contributed by atoms with van der Waals surface area (Å²) in [5, 5.41) is 0. The highest BCUT2D eigenvalue weighted by atomic mass is 16.2. The zero-order chi connectivity index (χ0) is 8.72. The Morgan fingerprint density at radius 1 is 1.50 bits per heavy atom. The van der Waals surface area contributed by atoms with E-state index in [1.807, 2.05) is 12.1 Å². The lowest BCUT2D eigenvalue weighted by molar-refractivity contribution is 0.0816. The van der Waals surface area contributed by atoms with E-state index in [1.165, 1.54) is 0 Å². The summed E-state index contributed by atoms with van der Waals surface area (Å²) in [5.41, 5.74) is 2.46. The first-order chi connectivity index (χ1) is 5.68. The lowest BCUT2D eigenvalue weighted by Crippen LogP contribution is -2.18. The fourth-order valence-electron chi connectivity index (χ4n) is 1.46. The van der Waals surface area contributed by atoms with Gasteiger partial charge in [0.25, 0.3) is 5.91 Å². The Balaban J connectivity index is 2.56. The molecule has 1 amide bonds. The minimum atomic E-state index is 0.0669. The predicted molar refractivity (Wildman–Crippen MR) is 47.6 cm³/mol. The van der Waals surface area contributed by atoms with E-state index >= 15 is 0 Å². The molecule has 2 rings (SSSR count). The third kappa shape index (κ3) is 0.933. The third-order valence-electron chi connectivity index (χ3n) is 2.12. The van der Waals surface area contributed by atoms with Gasteiger partial charge in [-0.2, -0.15) is 0 Å². The van der Waals surface area contributed by atoms with Crippen LogP contribution >= 0.6 is 0 Å². The van der Waals surface area contributed by atoms with E-state index in [9.17, 15) is 4.79 Å². The van der Waals surface area contributed by atoms with Gasteiger partial charge in [-0.1, -0.05) is 23.7 Å². The summed E-state index contributed by atoms with van der Waals surface area (Å²) in [6, 6.07) is 5.47. The zero-order valence-electron chi connectivity index (χ0n) is 6.87. The molecule has 3 heteroatoms. The maximum absolute atomic E-state index is 11.4. The van der Waals surface area contributed by atoms with Crippen LogP contribution in [0.5, 0.6) is 0 Å². The Hall–Kier alpha value is -1.25. The number of hydrogen-bond donors (Lipinski definition) is 0. The Kier molecular flexibility index (Phi) is 1.46. The van der Waals surface area contributed by atoms with E-state index in [0.29, 0.717) is 12.0 Å². The number of amides is 1. The fourth-order valence-corrected chi connectivity index (χ4v) is 1.46. The molecule has 0 aliphatic carbocycles. The number of hydrogen-bond acceptors (Lipinski definition) is 1. The predicted octanol–water partition coefficient (Wildman–Crippen LogP) is 0.0660. The van der Waals surface area contributed by atoms with Crippen LogP contribution in [0.1, 0.15) is 15.9 Å². The average molecular weight is 157 g/mol. The van der Waals surface area contributed by atoms with Crippen LogP contribution in [0.4, 0.5) is 0 Å². The summed E-state index contributed by atoms with van der Waals surface area (Å²) in [7, 11) is 7.36. The van der Waals surface area contributed by atoms with Crippen LogP contribution in [0.25, 0.3) is 0 Å². The highest BCUT2D eigenvalue weighted by molar-refractivity contribution is 6.32. The minimum Gasteiger partial charge on any atom is -0.337 e. The van der Waals surface area contributed by atoms with Gasteiger partial charge in [0.05, 0.1) is 0 Å². The van der Waals surface area contributed by atoms with E-state index in [-0.39, 0.29) is 5.91 Å². The number of benzene rings is 1. The number of nitrogens with zero attached hydrogens (tertiary/aromatic N) is 1. The quantitative estimate of drug-likeness (QED) is 0.488. The Morgan fingerprint density at radius 3 is 3.00 bits per heavy atom. The van der Waals surface area contributed by atoms with E-state index < -0.39 is 0 Å². The normalized spacial score (nSPS) is 15.1. The minimum absolute atomic E-state index is 0.0669. The van der Waals surface area contributed by atoms with Gasteiger partial charge in [-0.25, -0.2) is 0 Å². The average Bonchev–Trinajstić information content (AvgIpc) is 2.31. The molecule has 2 nitrogen and oxygen atoms in total. The van der Waals surface area contributed by atoms with Crippen molar-refractivity contribution in [3.8, 4) is 0 Å². The molecule has 0 saturated carbocycles. The SMILES string of the molecule is [B]c1ccc2c(c1)C(=O)N(C)C2. The molecule has 0 unspecified atom stereocenters. The molecular weight excluding hydrogens is 149 g/mol. The molecule has 1 aliphatic rings. The molecule has 1 aliphatic heterocycles. The van der Waals surface area contributed by atoms with Crippen molar-refractivity contribution in [1.82, 2.24) is 4.90 Å². The lowest BCUT2D eigenvalue weighted by Gasteiger charge is -2.04. The van der Waals surface area contributed by atoms with Gasteiger partial charge < -0.3 is 4.90 Å². The first kappa shape index (κ1) is 7.41. The highest BCUT2D eigenvalue weighted by Gasteiger charge is 2.23. The molecule has 0 bridgehead atoms. The summed E-state index contributed by atoms with van der Waals surface area (Å²) in [4.78, 5) is 13.1. The van der Waals surface area contributed by atoms with Crippen molar-refractivity contribution in [2.75, 3.05) is 7.05 Å². The Labute approximate surface area is 72.6 Å². The molecule has 0 saturated heterocycles. The van der Waals surface area contributed by atoms with Crippen LogP contribution in [0.3, 0.4) is 0 Å². The monoisotopic (exact) mass is 157 g/mol. The molecule has 1 aromatic rings. The van der Waals surface area contributed by atoms with E-state index in [4.69, 9.17) is 7.85 Å². The standard InChI is InChI=1S/C9H8BNO/c1-11-5-6-2-3-7(10)4-8(6)9(11)12/h2-4H,5H2,1H3. The molecule has 1 heterocycles. The second-order valence-electron chi connectivity index (χ2n) is 3.08. The van der Waals surface area contributed by atoms with Crippen LogP contribution in [-0.4, -0.2) is 25.7 Å². The van der Waals surface area contributed by atoms with Gasteiger partial charge in [0.15, 0.2) is 0 Å². The molecule has 0 spiro atoms. The van der Waals surface area contributed by atoms with Crippen LogP contribution in [0, 0.1) is 0 Å². The van der Waals surface area contributed by atoms with Crippen molar-refractivity contribution in [3.05, 3.63) is 29.3 Å². The number of fused-ring (bicyclic) bond motifs is 1. The highest BCUT2D eigenvalue weighted by Crippen LogP contribution is 2.19. The Morgan fingerprint density at radius 2 is 2.25 bits per heavy atom. The summed E-state index contributed by atoms with van der Waals surface area (Å²) in [6.07, 6.45) is 0. The van der Waals surface area contributed by atoms with E-state index in [2.05, 4.69) is 0 Å². The summed E-state index contributed by atoms with van der Waals surface area (Å²) in [5.74, 6) is 0.0669. The first-order valence-corrected chi connectivity index (χ1v) is 3.82. The van der Waals surface area contributed by atoms with Crippen molar-refractivity contribution in [1.29, 1.82) is 0 Å². The van der Waals surface area contributed by atoms with E-state index in [1.54, 1.807) is 18.0 Å². The summed E-state index contributed by atoms with van der Waals surface area (Å²) >= 11 is 0. The van der Waals surface area contributed by atoms with Gasteiger partial charge in [0.2, 0.25) is 0 Å². The third-order valence-corrected chi connectivity index (χ3v) is 2.12. The zero-order valence-corrected chi connectivity index (χ0v) is 6.87. The van der Waals surface area contributed by atoms with Gasteiger partial charge in [0.1, 0.15) is 7.85 Å². The molecule has 0 fully saturated rings. The number of carbonyl (C=O) groups is 1. The summed E-state index contributed by atoms with van der Waals surface area (Å²) in [6.45, 7) is 0.703. The first-order valence-electron chi connectivity index (χ1n) is 3.82. The molecule has 0 N–H and O–H groups in total. The molecular formula is C9H8BNO. The van der Waals surface area contributed by atoms with Gasteiger partial charge in [-0.15, -0.1) is 0 Å². The molecule has 1 aromatic carbocycles. The van der Waals surface area contributed by atoms with Crippen molar-refractivity contribution in [2.45, 2.75) is 6.54 Å². The largest absolute Gasteiger partial charge is 0.337 e. The van der Waals surface area contributed by atoms with Crippen LogP contribution in [0.15, 0.2) is 18.2 Å². The second-order valence-corrected chi connectivity index (χ2v) is 3.08. The maximum Gasteiger partial charge on any atom is 0.254 e. The summed E-state index contributed by atoms with van der Waals surface area (Å²) < 4.78 is 0. The van der Waals surface area contributed by atoms with Gasteiger partial charge in [-0.3, -0.25) is 4.79 Å². The number of rotatable bonds is 0. The molecule has 12 heavy (non-hydrogen) atoms. The smallest absolute Gasteiger partial charge is 0.254 e. The lowest BCUT2D eigenvalue weighted by atomic mass is 9.93. The van der Waals surface area contributed by atoms with E-state index in [0.717, 1.165) is 11.1 Å². The second kappa shape index (κ2) is 2.37. The molecule has 0 aromatic heterocycles. The van der Waals surface area contributed by atoms with Crippen molar-refractivity contribution < 1.29 is 4.79 Å². The van der Waals surface area contributed by atoms with Crippen molar-refractivity contribution >= 4 is 19.2 Å². The van der Waals surface area contributed by atoms with Gasteiger partial charge in [-0.05, 0) is 5.56 Å². The van der Waals surface area contributed by atoms with Gasteiger partial charge >= 0.3 is 0 Å². The number of carbonyl (C=O) groups excluding carboxylic acids is 1. The van der Waals surface area contributed by atoms with Crippen molar-refractivity contribution in [3.63, 3.8) is 0 Å². The Bertz CT molecular complexity index is 348. The fraction of sp³-hybridized carbons (Fsp3) is 0.222. The topological polar surface area (TPSA) is 20.3 Å². The van der Waals surface area contributed by atoms with Crippen LogP contribution in [-0.2, 0) is 6.54 Å². The van der Waals surface area contributed by atoms with Gasteiger partial charge in [0, 0.05) is 19.2 Å². The van der Waals surface area contributed by atoms with Crippen molar-refractivity contribution in [2.24, 2.45) is 0 Å². The molecule has 0 atom stereocenters. The molecule has 2 radical (unpaired) electrons. The van der Waals surface area contributed by atoms with Crippen LogP contribution < -0.4 is 5.46 Å². The maximum atomic E-state index is 11.4. The van der Waals surface area contributed by atoms with Crippen LogP contribution in [0.2, 0.25) is 0 Å².